The maximum atomic E-state index is 11.6. The highest BCUT2D eigenvalue weighted by molar-refractivity contribution is 5.82. The second kappa shape index (κ2) is 9.17. The number of rotatable bonds is 10. The first-order valence-electron chi connectivity index (χ1n) is 6.81. The Morgan fingerprint density at radius 1 is 1.24 bits per heavy atom. The Kier molecular flexibility index (Phi) is 8.37. The van der Waals surface area contributed by atoms with Gasteiger partial charge in [0, 0.05) is 19.6 Å². The fraction of sp³-hybridized carbons (Fsp3) is 0.769. The van der Waals surface area contributed by atoms with E-state index < -0.39 is 29.6 Å². The van der Waals surface area contributed by atoms with E-state index in [0.29, 0.717) is 6.61 Å². The van der Waals surface area contributed by atoms with Crippen molar-refractivity contribution in [3.63, 3.8) is 0 Å². The second-order valence-corrected chi connectivity index (χ2v) is 5.20. The minimum absolute atomic E-state index is 0.0594. The number of amides is 2. The molecular formula is C13H24N2O6. The summed E-state index contributed by atoms with van der Waals surface area (Å²) in [6, 6.07) is -1.73. The van der Waals surface area contributed by atoms with Gasteiger partial charge in [-0.25, -0.2) is 9.59 Å². The molecule has 0 radical (unpaired) electrons. The molecule has 0 aromatic rings. The lowest BCUT2D eigenvalue weighted by atomic mass is 10.1. The number of carbonyl (C=O) groups excluding carboxylic acids is 1. The minimum Gasteiger partial charge on any atom is -0.481 e. The maximum Gasteiger partial charge on any atom is 0.326 e. The highest BCUT2D eigenvalue weighted by Gasteiger charge is 2.22. The smallest absolute Gasteiger partial charge is 0.326 e. The number of carboxylic acid groups (broad SMARTS) is 2. The van der Waals surface area contributed by atoms with E-state index in [1.165, 1.54) is 0 Å². The van der Waals surface area contributed by atoms with Crippen molar-refractivity contribution in [3.05, 3.63) is 0 Å². The van der Waals surface area contributed by atoms with Crippen LogP contribution in [0.1, 0.15) is 40.0 Å². The van der Waals surface area contributed by atoms with Gasteiger partial charge in [-0.1, -0.05) is 0 Å². The van der Waals surface area contributed by atoms with Crippen molar-refractivity contribution in [2.45, 2.75) is 51.7 Å². The molecule has 0 aromatic carbocycles. The molecule has 4 N–H and O–H groups in total. The second-order valence-electron chi connectivity index (χ2n) is 5.20. The lowest BCUT2D eigenvalue weighted by molar-refractivity contribution is -0.140. The van der Waals surface area contributed by atoms with E-state index in [1.807, 2.05) is 6.92 Å². The van der Waals surface area contributed by atoms with Crippen LogP contribution in [0.25, 0.3) is 0 Å². The van der Waals surface area contributed by atoms with Crippen LogP contribution in [0.2, 0.25) is 0 Å². The summed E-state index contributed by atoms with van der Waals surface area (Å²) in [6.45, 7) is 6.18. The first-order valence-corrected chi connectivity index (χ1v) is 6.81. The number of urea groups is 1. The normalized spacial score (nSPS) is 12.5. The predicted octanol–water partition coefficient (Wildman–Crippen LogP) is 0.809. The van der Waals surface area contributed by atoms with Crippen LogP contribution < -0.4 is 10.6 Å². The molecule has 0 aliphatic carbocycles. The highest BCUT2D eigenvalue weighted by atomic mass is 16.5. The number of ether oxygens (including phenoxy) is 1. The van der Waals surface area contributed by atoms with Gasteiger partial charge in [-0.3, -0.25) is 4.79 Å². The summed E-state index contributed by atoms with van der Waals surface area (Å²) in [5.41, 5.74) is -0.548. The standard InChI is InChI=1S/C13H24N2O6/c1-4-21-13(2,3)8-14-12(20)15-9(11(18)19)6-5-7-10(16)17/h9H,4-8H2,1-3H3,(H,16,17)(H,18,19)(H2,14,15,20)/t9-/m1/s1. The van der Waals surface area contributed by atoms with Crippen molar-refractivity contribution in [2.75, 3.05) is 13.2 Å². The third-order valence-corrected chi connectivity index (χ3v) is 2.70. The molecule has 0 rings (SSSR count). The zero-order valence-electron chi connectivity index (χ0n) is 12.6. The van der Waals surface area contributed by atoms with Gasteiger partial charge in [0.05, 0.1) is 5.60 Å². The van der Waals surface area contributed by atoms with Crippen LogP contribution in [0, 0.1) is 0 Å². The van der Waals surface area contributed by atoms with E-state index >= 15 is 0 Å². The van der Waals surface area contributed by atoms with Gasteiger partial charge in [0.1, 0.15) is 6.04 Å². The van der Waals surface area contributed by atoms with Crippen LogP contribution in [0.5, 0.6) is 0 Å². The van der Waals surface area contributed by atoms with Crippen LogP contribution in [0.4, 0.5) is 4.79 Å². The van der Waals surface area contributed by atoms with Crippen molar-refractivity contribution in [2.24, 2.45) is 0 Å². The third-order valence-electron chi connectivity index (χ3n) is 2.70. The molecule has 0 aliphatic heterocycles. The topological polar surface area (TPSA) is 125 Å². The van der Waals surface area contributed by atoms with Crippen LogP contribution in [-0.4, -0.2) is 53.0 Å². The van der Waals surface area contributed by atoms with E-state index in [9.17, 15) is 14.4 Å². The molecule has 8 nitrogen and oxygen atoms in total. The molecule has 1 atom stereocenters. The summed E-state index contributed by atoms with van der Waals surface area (Å²) in [6.07, 6.45) is 0.103. The van der Waals surface area contributed by atoms with E-state index in [0.717, 1.165) is 0 Å². The van der Waals surface area contributed by atoms with Gasteiger partial charge in [0.25, 0.3) is 0 Å². The lowest BCUT2D eigenvalue weighted by Crippen LogP contribution is -2.49. The van der Waals surface area contributed by atoms with Crippen LogP contribution in [0.15, 0.2) is 0 Å². The summed E-state index contributed by atoms with van der Waals surface area (Å²) in [5.74, 6) is -2.19. The van der Waals surface area contributed by atoms with Crippen molar-refractivity contribution in [3.8, 4) is 0 Å². The summed E-state index contributed by atoms with van der Waals surface area (Å²) < 4.78 is 5.40. The molecule has 21 heavy (non-hydrogen) atoms. The van der Waals surface area contributed by atoms with E-state index in [2.05, 4.69) is 10.6 Å². The molecule has 2 amide bonds. The van der Waals surface area contributed by atoms with Crippen molar-refractivity contribution in [1.29, 1.82) is 0 Å². The molecule has 0 fully saturated rings. The van der Waals surface area contributed by atoms with E-state index in [1.54, 1.807) is 13.8 Å². The Morgan fingerprint density at radius 3 is 2.33 bits per heavy atom. The quantitative estimate of drug-likeness (QED) is 0.473. The Hall–Kier alpha value is -1.83. The first kappa shape index (κ1) is 19.2. The van der Waals surface area contributed by atoms with E-state index in [-0.39, 0.29) is 25.8 Å². The minimum atomic E-state index is -1.19. The van der Waals surface area contributed by atoms with Crippen molar-refractivity contribution in [1.82, 2.24) is 10.6 Å². The number of hydrogen-bond acceptors (Lipinski definition) is 4. The monoisotopic (exact) mass is 304 g/mol. The van der Waals surface area contributed by atoms with Gasteiger partial charge in [-0.05, 0) is 33.6 Å². The lowest BCUT2D eigenvalue weighted by Gasteiger charge is -2.25. The van der Waals surface area contributed by atoms with Crippen LogP contribution in [0.3, 0.4) is 0 Å². The number of nitrogens with one attached hydrogen (secondary N) is 2. The zero-order valence-corrected chi connectivity index (χ0v) is 12.6. The number of hydrogen-bond donors (Lipinski definition) is 4. The van der Waals surface area contributed by atoms with Gasteiger partial charge in [0.15, 0.2) is 0 Å². The fourth-order valence-electron chi connectivity index (χ4n) is 1.66. The molecule has 0 aliphatic rings. The number of carboxylic acids is 2. The summed E-state index contributed by atoms with van der Waals surface area (Å²) >= 11 is 0. The highest BCUT2D eigenvalue weighted by Crippen LogP contribution is 2.07. The molecule has 0 bridgehead atoms. The van der Waals surface area contributed by atoms with Crippen molar-refractivity contribution < 1.29 is 29.3 Å². The largest absolute Gasteiger partial charge is 0.481 e. The van der Waals surface area contributed by atoms with Gasteiger partial charge in [0.2, 0.25) is 0 Å². The Morgan fingerprint density at radius 2 is 1.86 bits per heavy atom. The van der Waals surface area contributed by atoms with Crippen LogP contribution >= 0.6 is 0 Å². The maximum absolute atomic E-state index is 11.6. The van der Waals surface area contributed by atoms with E-state index in [4.69, 9.17) is 14.9 Å². The third kappa shape index (κ3) is 9.67. The number of carbonyl (C=O) groups is 3. The SMILES string of the molecule is CCOC(C)(C)CNC(=O)N[C@H](CCCC(=O)O)C(=O)O. The zero-order chi connectivity index (χ0) is 16.5. The summed E-state index contributed by atoms with van der Waals surface area (Å²) in [7, 11) is 0. The summed E-state index contributed by atoms with van der Waals surface area (Å²) in [5, 5.41) is 22.3. The molecule has 122 valence electrons. The number of aliphatic carboxylic acids is 2. The molecule has 0 unspecified atom stereocenters. The summed E-state index contributed by atoms with van der Waals surface area (Å²) in [4.78, 5) is 33.0. The molecule has 8 heteroatoms. The average molecular weight is 304 g/mol. The van der Waals surface area contributed by atoms with Gasteiger partial charge in [-0.15, -0.1) is 0 Å². The van der Waals surface area contributed by atoms with Crippen molar-refractivity contribution >= 4 is 18.0 Å². The Bertz CT molecular complexity index is 370. The molecular weight excluding hydrogens is 280 g/mol. The predicted molar refractivity (Wildman–Crippen MR) is 75.2 cm³/mol. The molecule has 0 aromatic heterocycles. The van der Waals surface area contributed by atoms with Gasteiger partial charge >= 0.3 is 18.0 Å². The van der Waals surface area contributed by atoms with Crippen LogP contribution in [-0.2, 0) is 14.3 Å². The Balaban J connectivity index is 4.23. The first-order chi connectivity index (χ1) is 9.68. The van der Waals surface area contributed by atoms with Gasteiger partial charge in [-0.2, -0.15) is 0 Å². The average Bonchev–Trinajstić information content (AvgIpc) is 2.34. The van der Waals surface area contributed by atoms with Gasteiger partial charge < -0.3 is 25.6 Å². The fourth-order valence-corrected chi connectivity index (χ4v) is 1.66. The molecule has 0 saturated carbocycles. The molecule has 0 spiro atoms. The molecule has 0 saturated heterocycles. The molecule has 0 heterocycles. The Labute approximate surface area is 123 Å².